The van der Waals surface area contributed by atoms with E-state index >= 15 is 0 Å². The third-order valence-corrected chi connectivity index (χ3v) is 3.28. The van der Waals surface area contributed by atoms with Crippen LogP contribution in [0.2, 0.25) is 0 Å². The van der Waals surface area contributed by atoms with Gasteiger partial charge in [-0.2, -0.15) is 5.26 Å². The van der Waals surface area contributed by atoms with Crippen molar-refractivity contribution in [3.8, 4) is 11.9 Å². The second-order valence-electron chi connectivity index (χ2n) is 4.55. The monoisotopic (exact) mass is 279 g/mol. The van der Waals surface area contributed by atoms with Crippen molar-refractivity contribution < 1.29 is 4.74 Å². The molecule has 3 rings (SSSR count). The number of nitrogen functional groups attached to an aromatic ring is 1. The van der Waals surface area contributed by atoms with Gasteiger partial charge in [-0.3, -0.25) is 0 Å². The van der Waals surface area contributed by atoms with Crippen LogP contribution in [0.3, 0.4) is 0 Å². The van der Waals surface area contributed by atoms with E-state index in [1.54, 1.807) is 19.4 Å². The predicted molar refractivity (Wildman–Crippen MR) is 78.8 cm³/mol. The molecule has 0 fully saturated rings. The molecule has 2 N–H and O–H groups in total. The van der Waals surface area contributed by atoms with Crippen molar-refractivity contribution in [1.29, 1.82) is 5.26 Å². The number of pyridine rings is 1. The Morgan fingerprint density at radius 2 is 2.24 bits per heavy atom. The molecule has 0 radical (unpaired) electrons. The number of benzene rings is 1. The number of nitrogens with zero attached hydrogens (tertiary/aromatic N) is 4. The van der Waals surface area contributed by atoms with Gasteiger partial charge >= 0.3 is 0 Å². The lowest BCUT2D eigenvalue weighted by molar-refractivity contribution is 0.397. The number of hydrogen-bond donors (Lipinski definition) is 1. The number of nitriles is 1. The second kappa shape index (κ2) is 5.13. The molecule has 104 valence electrons. The first-order valence-electron chi connectivity index (χ1n) is 6.36. The van der Waals surface area contributed by atoms with Crippen LogP contribution in [0.5, 0.6) is 5.88 Å². The molecule has 0 spiro atoms. The Labute approximate surface area is 121 Å². The summed E-state index contributed by atoms with van der Waals surface area (Å²) < 4.78 is 6.98. The lowest BCUT2D eigenvalue weighted by atomic mass is 10.2. The van der Waals surface area contributed by atoms with Gasteiger partial charge in [0.15, 0.2) is 0 Å². The fraction of sp³-hybridized carbons (Fsp3) is 0.133. The average molecular weight is 279 g/mol. The average Bonchev–Trinajstić information content (AvgIpc) is 2.83. The number of aromatic nitrogens is 3. The van der Waals surface area contributed by atoms with Crippen LogP contribution >= 0.6 is 0 Å². The van der Waals surface area contributed by atoms with Crippen molar-refractivity contribution >= 4 is 17.0 Å². The lowest BCUT2D eigenvalue weighted by Gasteiger charge is -2.07. The smallest absolute Gasteiger partial charge is 0.213 e. The van der Waals surface area contributed by atoms with Crippen LogP contribution in [0, 0.1) is 11.3 Å². The van der Waals surface area contributed by atoms with Crippen LogP contribution in [0.1, 0.15) is 11.1 Å². The summed E-state index contributed by atoms with van der Waals surface area (Å²) >= 11 is 0. The highest BCUT2D eigenvalue weighted by molar-refractivity contribution is 5.84. The SMILES string of the molecule is COc1cc(Cn2c(N)nc3c(C#N)cccc32)ccn1. The lowest BCUT2D eigenvalue weighted by Crippen LogP contribution is -2.05. The Bertz CT molecular complexity index is 847. The van der Waals surface area contributed by atoms with Crippen LogP contribution in [-0.4, -0.2) is 21.6 Å². The molecule has 0 bridgehead atoms. The summed E-state index contributed by atoms with van der Waals surface area (Å²) in [4.78, 5) is 8.37. The highest BCUT2D eigenvalue weighted by atomic mass is 16.5. The maximum Gasteiger partial charge on any atom is 0.213 e. The van der Waals surface area contributed by atoms with E-state index in [2.05, 4.69) is 16.0 Å². The van der Waals surface area contributed by atoms with Crippen LogP contribution < -0.4 is 10.5 Å². The van der Waals surface area contributed by atoms with Gasteiger partial charge in [-0.25, -0.2) is 9.97 Å². The highest BCUT2D eigenvalue weighted by Crippen LogP contribution is 2.22. The molecule has 1 aromatic carbocycles. The number of rotatable bonds is 3. The van der Waals surface area contributed by atoms with E-state index in [4.69, 9.17) is 15.7 Å². The van der Waals surface area contributed by atoms with Gasteiger partial charge < -0.3 is 15.0 Å². The summed E-state index contributed by atoms with van der Waals surface area (Å²) in [6, 6.07) is 11.3. The van der Waals surface area contributed by atoms with E-state index in [9.17, 15) is 0 Å². The summed E-state index contributed by atoms with van der Waals surface area (Å²) in [6.07, 6.45) is 1.68. The van der Waals surface area contributed by atoms with Crippen molar-refractivity contribution in [2.75, 3.05) is 12.8 Å². The molecule has 2 heterocycles. The third-order valence-electron chi connectivity index (χ3n) is 3.28. The Kier molecular flexibility index (Phi) is 3.16. The maximum atomic E-state index is 9.13. The Morgan fingerprint density at radius 3 is 3.00 bits per heavy atom. The molecular formula is C15H13N5O. The minimum absolute atomic E-state index is 0.378. The van der Waals surface area contributed by atoms with Gasteiger partial charge in [-0.1, -0.05) is 6.07 Å². The van der Waals surface area contributed by atoms with E-state index in [0.717, 1.165) is 11.1 Å². The maximum absolute atomic E-state index is 9.13. The molecular weight excluding hydrogens is 266 g/mol. The van der Waals surface area contributed by atoms with Gasteiger partial charge in [-0.15, -0.1) is 0 Å². The quantitative estimate of drug-likeness (QED) is 0.791. The fourth-order valence-corrected chi connectivity index (χ4v) is 2.26. The number of imidazole rings is 1. The standard InChI is InChI=1S/C15H13N5O/c1-21-13-7-10(5-6-18-13)9-20-12-4-2-3-11(8-16)14(12)19-15(20)17/h2-7H,9H2,1H3,(H2,17,19). The van der Waals surface area contributed by atoms with Gasteiger partial charge in [0, 0.05) is 12.3 Å². The molecule has 2 aromatic heterocycles. The number of anilines is 1. The molecule has 6 heteroatoms. The van der Waals surface area contributed by atoms with Crippen LogP contribution in [0.4, 0.5) is 5.95 Å². The van der Waals surface area contributed by atoms with E-state index in [1.807, 2.05) is 28.8 Å². The Morgan fingerprint density at radius 1 is 1.38 bits per heavy atom. The number of methoxy groups -OCH3 is 1. The number of ether oxygens (including phenoxy) is 1. The third kappa shape index (κ3) is 2.25. The number of fused-ring (bicyclic) bond motifs is 1. The fourth-order valence-electron chi connectivity index (χ4n) is 2.26. The van der Waals surface area contributed by atoms with E-state index < -0.39 is 0 Å². The minimum atomic E-state index is 0.378. The molecule has 21 heavy (non-hydrogen) atoms. The van der Waals surface area contributed by atoms with E-state index in [0.29, 0.717) is 29.5 Å². The van der Waals surface area contributed by atoms with Crippen LogP contribution in [0.15, 0.2) is 36.5 Å². The minimum Gasteiger partial charge on any atom is -0.481 e. The van der Waals surface area contributed by atoms with Gasteiger partial charge in [-0.05, 0) is 23.8 Å². The Balaban J connectivity index is 2.08. The number of hydrogen-bond acceptors (Lipinski definition) is 5. The molecule has 3 aromatic rings. The van der Waals surface area contributed by atoms with Crippen molar-refractivity contribution in [1.82, 2.24) is 14.5 Å². The van der Waals surface area contributed by atoms with Gasteiger partial charge in [0.05, 0.1) is 24.7 Å². The topological polar surface area (TPSA) is 89.8 Å². The van der Waals surface area contributed by atoms with Gasteiger partial charge in [0.1, 0.15) is 11.6 Å². The molecule has 0 unspecified atom stereocenters. The predicted octanol–water partition coefficient (Wildman–Crippen LogP) is 1.94. The first-order valence-corrected chi connectivity index (χ1v) is 6.36. The zero-order chi connectivity index (χ0) is 14.8. The molecule has 0 aliphatic heterocycles. The van der Waals surface area contributed by atoms with Crippen molar-refractivity contribution in [3.05, 3.63) is 47.7 Å². The summed E-state index contributed by atoms with van der Waals surface area (Å²) in [5, 5.41) is 9.13. The number of para-hydroxylation sites is 1. The molecule has 0 amide bonds. The normalized spacial score (nSPS) is 10.5. The summed E-state index contributed by atoms with van der Waals surface area (Å²) in [5.41, 5.74) is 8.96. The second-order valence-corrected chi connectivity index (χ2v) is 4.55. The zero-order valence-corrected chi connectivity index (χ0v) is 11.4. The van der Waals surface area contributed by atoms with Crippen molar-refractivity contribution in [3.63, 3.8) is 0 Å². The first-order chi connectivity index (χ1) is 10.2. The number of nitrogens with two attached hydrogens (primary N) is 1. The molecule has 0 aliphatic carbocycles. The van der Waals surface area contributed by atoms with Crippen molar-refractivity contribution in [2.45, 2.75) is 6.54 Å². The van der Waals surface area contributed by atoms with E-state index in [1.165, 1.54) is 0 Å². The van der Waals surface area contributed by atoms with Crippen molar-refractivity contribution in [2.24, 2.45) is 0 Å². The largest absolute Gasteiger partial charge is 0.481 e. The molecule has 6 nitrogen and oxygen atoms in total. The van der Waals surface area contributed by atoms with Crippen LogP contribution in [0.25, 0.3) is 11.0 Å². The van der Waals surface area contributed by atoms with Gasteiger partial charge in [0.2, 0.25) is 11.8 Å². The van der Waals surface area contributed by atoms with Gasteiger partial charge in [0.25, 0.3) is 0 Å². The molecule has 0 saturated carbocycles. The Hall–Kier alpha value is -3.07. The zero-order valence-electron chi connectivity index (χ0n) is 11.4. The first kappa shape index (κ1) is 12.9. The summed E-state index contributed by atoms with van der Waals surface area (Å²) in [6.45, 7) is 0.538. The van der Waals surface area contributed by atoms with E-state index in [-0.39, 0.29) is 0 Å². The molecule has 0 atom stereocenters. The highest BCUT2D eigenvalue weighted by Gasteiger charge is 2.12. The van der Waals surface area contributed by atoms with Crippen LogP contribution in [-0.2, 0) is 6.54 Å². The summed E-state index contributed by atoms with van der Waals surface area (Å²) in [7, 11) is 1.58. The molecule has 0 aliphatic rings. The molecule has 0 saturated heterocycles. The summed E-state index contributed by atoms with van der Waals surface area (Å²) in [5.74, 6) is 0.927.